The topological polar surface area (TPSA) is 56.7 Å². The first-order chi connectivity index (χ1) is 10.6. The lowest BCUT2D eigenvalue weighted by atomic mass is 9.92. The van der Waals surface area contributed by atoms with Crippen molar-refractivity contribution < 1.29 is 9.90 Å². The molecule has 1 aliphatic rings. The zero-order chi connectivity index (χ0) is 15.9. The lowest BCUT2D eigenvalue weighted by molar-refractivity contribution is -0.135. The Bertz CT molecular complexity index is 456. The van der Waals surface area contributed by atoms with Gasteiger partial charge in [0.1, 0.15) is 0 Å². The van der Waals surface area contributed by atoms with Gasteiger partial charge in [-0.05, 0) is 29.9 Å². The smallest absolute Gasteiger partial charge is 0.236 e. The Balaban J connectivity index is 1.93. The SMILES string of the molecule is CC1CC(C)CN(C(=O)CN(CCO)Cc2cccnc2)C1. The Morgan fingerprint density at radius 3 is 2.73 bits per heavy atom. The highest BCUT2D eigenvalue weighted by Crippen LogP contribution is 2.21. The first-order valence-electron chi connectivity index (χ1n) is 8.08. The van der Waals surface area contributed by atoms with Crippen LogP contribution in [0.25, 0.3) is 0 Å². The van der Waals surface area contributed by atoms with Crippen LogP contribution in [0.15, 0.2) is 24.5 Å². The maximum Gasteiger partial charge on any atom is 0.236 e. The second-order valence-corrected chi connectivity index (χ2v) is 6.54. The maximum absolute atomic E-state index is 12.6. The molecule has 1 N–H and O–H groups in total. The van der Waals surface area contributed by atoms with Gasteiger partial charge in [0.2, 0.25) is 5.91 Å². The minimum Gasteiger partial charge on any atom is -0.395 e. The summed E-state index contributed by atoms with van der Waals surface area (Å²) < 4.78 is 0. The molecule has 1 aromatic heterocycles. The number of amides is 1. The zero-order valence-corrected chi connectivity index (χ0v) is 13.6. The Morgan fingerprint density at radius 2 is 2.14 bits per heavy atom. The minimum atomic E-state index is 0.0559. The van der Waals surface area contributed by atoms with Crippen molar-refractivity contribution in [1.82, 2.24) is 14.8 Å². The van der Waals surface area contributed by atoms with Crippen molar-refractivity contribution in [1.29, 1.82) is 0 Å². The molecular formula is C17H27N3O2. The molecule has 0 aliphatic carbocycles. The average Bonchev–Trinajstić information content (AvgIpc) is 2.47. The van der Waals surface area contributed by atoms with Gasteiger partial charge in [0, 0.05) is 38.6 Å². The van der Waals surface area contributed by atoms with Crippen molar-refractivity contribution in [2.24, 2.45) is 11.8 Å². The number of hydrogen-bond donors (Lipinski definition) is 1. The van der Waals surface area contributed by atoms with Crippen LogP contribution in [0.5, 0.6) is 0 Å². The van der Waals surface area contributed by atoms with Crippen molar-refractivity contribution in [3.05, 3.63) is 30.1 Å². The highest BCUT2D eigenvalue weighted by Gasteiger charge is 2.26. The number of aliphatic hydroxyl groups excluding tert-OH is 1. The summed E-state index contributed by atoms with van der Waals surface area (Å²) in [6.45, 7) is 7.66. The number of piperidine rings is 1. The number of aromatic nitrogens is 1. The van der Waals surface area contributed by atoms with Crippen LogP contribution in [-0.2, 0) is 11.3 Å². The highest BCUT2D eigenvalue weighted by molar-refractivity contribution is 5.78. The molecule has 0 bridgehead atoms. The third kappa shape index (κ3) is 5.07. The normalized spacial score (nSPS) is 22.1. The quantitative estimate of drug-likeness (QED) is 0.863. The zero-order valence-electron chi connectivity index (χ0n) is 13.6. The van der Waals surface area contributed by atoms with E-state index in [-0.39, 0.29) is 12.5 Å². The standard InChI is InChI=1S/C17H27N3O2/c1-14-8-15(2)11-20(10-14)17(22)13-19(6-7-21)12-16-4-3-5-18-9-16/h3-5,9,14-15,21H,6-8,10-13H2,1-2H3. The maximum atomic E-state index is 12.6. The van der Waals surface area contributed by atoms with Crippen LogP contribution < -0.4 is 0 Å². The number of nitrogens with zero attached hydrogens (tertiary/aromatic N) is 3. The molecule has 5 heteroatoms. The van der Waals surface area contributed by atoms with E-state index in [1.54, 1.807) is 12.4 Å². The van der Waals surface area contributed by atoms with Gasteiger partial charge in [-0.25, -0.2) is 0 Å². The molecule has 1 saturated heterocycles. The third-order valence-corrected chi connectivity index (χ3v) is 4.13. The first-order valence-corrected chi connectivity index (χ1v) is 8.08. The van der Waals surface area contributed by atoms with E-state index in [9.17, 15) is 9.90 Å². The molecular weight excluding hydrogens is 278 g/mol. The van der Waals surface area contributed by atoms with Crippen LogP contribution in [0.1, 0.15) is 25.8 Å². The molecule has 0 spiro atoms. The van der Waals surface area contributed by atoms with Crippen molar-refractivity contribution in [2.45, 2.75) is 26.8 Å². The van der Waals surface area contributed by atoms with E-state index in [1.807, 2.05) is 21.9 Å². The minimum absolute atomic E-state index is 0.0559. The van der Waals surface area contributed by atoms with Gasteiger partial charge in [0.25, 0.3) is 0 Å². The summed E-state index contributed by atoms with van der Waals surface area (Å²) >= 11 is 0. The molecule has 2 atom stereocenters. The van der Waals surface area contributed by atoms with E-state index in [0.717, 1.165) is 18.7 Å². The Labute approximate surface area is 132 Å². The lowest BCUT2D eigenvalue weighted by Gasteiger charge is -2.36. The molecule has 22 heavy (non-hydrogen) atoms. The van der Waals surface area contributed by atoms with E-state index >= 15 is 0 Å². The molecule has 2 rings (SSSR count). The van der Waals surface area contributed by atoms with Crippen LogP contribution in [0.4, 0.5) is 0 Å². The molecule has 5 nitrogen and oxygen atoms in total. The van der Waals surface area contributed by atoms with E-state index < -0.39 is 0 Å². The van der Waals surface area contributed by atoms with Gasteiger partial charge >= 0.3 is 0 Å². The molecule has 1 aliphatic heterocycles. The van der Waals surface area contributed by atoms with Gasteiger partial charge in [-0.1, -0.05) is 19.9 Å². The monoisotopic (exact) mass is 305 g/mol. The summed E-state index contributed by atoms with van der Waals surface area (Å²) in [5.41, 5.74) is 1.06. The van der Waals surface area contributed by atoms with Crippen LogP contribution in [0.2, 0.25) is 0 Å². The number of aliphatic hydroxyl groups is 1. The molecule has 0 radical (unpaired) electrons. The van der Waals surface area contributed by atoms with E-state index in [4.69, 9.17) is 0 Å². The molecule has 1 amide bonds. The summed E-state index contributed by atoms with van der Waals surface area (Å²) in [5, 5.41) is 9.24. The Hall–Kier alpha value is -1.46. The number of likely N-dealkylation sites (tertiary alicyclic amines) is 1. The van der Waals surface area contributed by atoms with Crippen molar-refractivity contribution >= 4 is 5.91 Å². The summed E-state index contributed by atoms with van der Waals surface area (Å²) in [6.07, 6.45) is 4.74. The Morgan fingerprint density at radius 1 is 1.41 bits per heavy atom. The second kappa shape index (κ2) is 8.25. The lowest BCUT2D eigenvalue weighted by Crippen LogP contribution is -2.47. The first kappa shape index (κ1) is 16.9. The summed E-state index contributed by atoms with van der Waals surface area (Å²) in [7, 11) is 0. The Kier molecular flexibility index (Phi) is 6.34. The fourth-order valence-electron chi connectivity index (χ4n) is 3.26. The van der Waals surface area contributed by atoms with E-state index in [0.29, 0.717) is 31.5 Å². The average molecular weight is 305 g/mol. The van der Waals surface area contributed by atoms with Crippen LogP contribution in [-0.4, -0.2) is 58.6 Å². The van der Waals surface area contributed by atoms with Gasteiger partial charge in [-0.2, -0.15) is 0 Å². The number of hydrogen-bond acceptors (Lipinski definition) is 4. The molecule has 2 heterocycles. The molecule has 122 valence electrons. The van der Waals surface area contributed by atoms with Gasteiger partial charge in [-0.15, -0.1) is 0 Å². The van der Waals surface area contributed by atoms with Crippen molar-refractivity contribution in [2.75, 3.05) is 32.8 Å². The van der Waals surface area contributed by atoms with Crippen LogP contribution in [0, 0.1) is 11.8 Å². The number of carbonyl (C=O) groups is 1. The number of rotatable bonds is 6. The molecule has 1 aromatic rings. The fourth-order valence-corrected chi connectivity index (χ4v) is 3.26. The van der Waals surface area contributed by atoms with Crippen molar-refractivity contribution in [3.63, 3.8) is 0 Å². The summed E-state index contributed by atoms with van der Waals surface area (Å²) in [4.78, 5) is 20.6. The van der Waals surface area contributed by atoms with E-state index in [1.165, 1.54) is 6.42 Å². The van der Waals surface area contributed by atoms with Gasteiger partial charge < -0.3 is 10.0 Å². The van der Waals surface area contributed by atoms with Crippen LogP contribution in [0.3, 0.4) is 0 Å². The largest absolute Gasteiger partial charge is 0.395 e. The number of pyridine rings is 1. The molecule has 2 unspecified atom stereocenters. The van der Waals surface area contributed by atoms with Crippen molar-refractivity contribution in [3.8, 4) is 0 Å². The summed E-state index contributed by atoms with van der Waals surface area (Å²) in [6, 6.07) is 3.88. The third-order valence-electron chi connectivity index (χ3n) is 4.13. The molecule has 1 fully saturated rings. The second-order valence-electron chi connectivity index (χ2n) is 6.54. The molecule has 0 saturated carbocycles. The van der Waals surface area contributed by atoms with Gasteiger partial charge in [0.15, 0.2) is 0 Å². The fraction of sp³-hybridized carbons (Fsp3) is 0.647. The van der Waals surface area contributed by atoms with Gasteiger partial charge in [-0.3, -0.25) is 14.7 Å². The molecule has 0 aromatic carbocycles. The number of carbonyl (C=O) groups excluding carboxylic acids is 1. The highest BCUT2D eigenvalue weighted by atomic mass is 16.3. The van der Waals surface area contributed by atoms with E-state index in [2.05, 4.69) is 18.8 Å². The summed E-state index contributed by atoms with van der Waals surface area (Å²) in [5.74, 6) is 1.30. The van der Waals surface area contributed by atoms with Crippen LogP contribution >= 0.6 is 0 Å². The predicted molar refractivity (Wildman–Crippen MR) is 86.1 cm³/mol. The predicted octanol–water partition coefficient (Wildman–Crippen LogP) is 1.38. The van der Waals surface area contributed by atoms with Gasteiger partial charge in [0.05, 0.1) is 13.2 Å².